The molecule has 0 bridgehead atoms. The molecule has 7 nitrogen and oxygen atoms in total. The fourth-order valence-electron chi connectivity index (χ4n) is 5.50. The fraction of sp³-hybridized carbons (Fsp3) is 0.828. The number of hydrogen-bond acceptors (Lipinski definition) is 6. The van der Waals surface area contributed by atoms with Gasteiger partial charge >= 0.3 is 6.09 Å². The molecule has 2 heterocycles. The Kier molecular flexibility index (Phi) is 8.48. The van der Waals surface area contributed by atoms with Crippen LogP contribution in [0, 0.1) is 5.92 Å². The van der Waals surface area contributed by atoms with Gasteiger partial charge in [0, 0.05) is 55.3 Å². The smallest absolute Gasteiger partial charge is 0.407 e. The Morgan fingerprint density at radius 2 is 1.64 bits per heavy atom. The van der Waals surface area contributed by atoms with Crippen LogP contribution in [0.25, 0.3) is 0 Å². The lowest BCUT2D eigenvalue weighted by Gasteiger charge is -2.37. The Labute approximate surface area is 218 Å². The highest BCUT2D eigenvalue weighted by molar-refractivity contribution is 5.68. The number of carbonyl (C=O) groups excluding carboxylic acids is 1. The first kappa shape index (κ1) is 27.2. The zero-order chi connectivity index (χ0) is 25.9. The average molecular weight is 500 g/mol. The van der Waals surface area contributed by atoms with Crippen LogP contribution in [0.2, 0.25) is 0 Å². The zero-order valence-corrected chi connectivity index (χ0v) is 23.6. The third kappa shape index (κ3) is 7.56. The van der Waals surface area contributed by atoms with Crippen LogP contribution in [0.4, 0.5) is 10.6 Å². The lowest BCUT2D eigenvalue weighted by atomic mass is 9.82. The van der Waals surface area contributed by atoms with Crippen molar-refractivity contribution in [3.63, 3.8) is 0 Å². The van der Waals surface area contributed by atoms with Crippen LogP contribution in [0.5, 0.6) is 0 Å². The molecule has 2 saturated carbocycles. The molecule has 3 fully saturated rings. The molecule has 1 aromatic rings. The predicted molar refractivity (Wildman–Crippen MR) is 146 cm³/mol. The quantitative estimate of drug-likeness (QED) is 0.546. The molecule has 1 N–H and O–H groups in total. The summed E-state index contributed by atoms with van der Waals surface area (Å²) in [6.07, 6.45) is 9.36. The summed E-state index contributed by atoms with van der Waals surface area (Å²) in [4.78, 5) is 27.1. The normalized spacial score (nSPS) is 24.3. The van der Waals surface area contributed by atoms with Gasteiger partial charge in [0.05, 0.1) is 0 Å². The third-order valence-electron chi connectivity index (χ3n) is 8.04. The van der Waals surface area contributed by atoms with Gasteiger partial charge in [-0.3, -0.25) is 4.90 Å². The highest BCUT2D eigenvalue weighted by atomic mass is 16.6. The third-order valence-corrected chi connectivity index (χ3v) is 8.04. The van der Waals surface area contributed by atoms with E-state index in [2.05, 4.69) is 42.0 Å². The number of anilines is 1. The van der Waals surface area contributed by atoms with Gasteiger partial charge in [-0.25, -0.2) is 14.8 Å². The molecule has 7 heteroatoms. The van der Waals surface area contributed by atoms with E-state index in [1.165, 1.54) is 50.8 Å². The number of rotatable bonds is 6. The van der Waals surface area contributed by atoms with E-state index >= 15 is 0 Å². The van der Waals surface area contributed by atoms with E-state index in [0.29, 0.717) is 5.92 Å². The van der Waals surface area contributed by atoms with Gasteiger partial charge in [-0.1, -0.05) is 27.2 Å². The second-order valence-electron chi connectivity index (χ2n) is 13.3. The highest BCUT2D eigenvalue weighted by Crippen LogP contribution is 2.37. The van der Waals surface area contributed by atoms with Crippen LogP contribution in [0.15, 0.2) is 6.07 Å². The first-order valence-electron chi connectivity index (χ1n) is 14.3. The standard InChI is InChI=1S/C29H49N5O2/c1-28(2,3)26-31-24(22-8-7-9-22)20-25(32-26)34-18-16-33(17-19-34)15-14-21-10-12-23(13-11-21)30-27(35)36-29(4,5)6/h20-23H,7-19H2,1-6H3,(H,30,35). The topological polar surface area (TPSA) is 70.6 Å². The Morgan fingerprint density at radius 3 is 2.19 bits per heavy atom. The van der Waals surface area contributed by atoms with Crippen molar-refractivity contribution in [3.8, 4) is 0 Å². The van der Waals surface area contributed by atoms with Crippen LogP contribution in [-0.2, 0) is 10.2 Å². The second-order valence-corrected chi connectivity index (χ2v) is 13.3. The molecule has 1 saturated heterocycles. The molecule has 202 valence electrons. The van der Waals surface area contributed by atoms with Crippen LogP contribution < -0.4 is 10.2 Å². The molecule has 0 aromatic carbocycles. The summed E-state index contributed by atoms with van der Waals surface area (Å²) in [6.45, 7) is 17.8. The van der Waals surface area contributed by atoms with Crippen molar-refractivity contribution in [1.82, 2.24) is 20.2 Å². The maximum Gasteiger partial charge on any atom is 0.407 e. The lowest BCUT2D eigenvalue weighted by Crippen LogP contribution is -2.47. The van der Waals surface area contributed by atoms with Crippen LogP contribution in [0.1, 0.15) is 110 Å². The maximum atomic E-state index is 12.1. The van der Waals surface area contributed by atoms with Crippen molar-refractivity contribution in [1.29, 1.82) is 0 Å². The minimum absolute atomic E-state index is 0.0300. The molecule has 0 atom stereocenters. The molecule has 2 aliphatic carbocycles. The number of nitrogens with one attached hydrogen (secondary N) is 1. The molecular weight excluding hydrogens is 450 g/mol. The van der Waals surface area contributed by atoms with E-state index < -0.39 is 5.60 Å². The first-order chi connectivity index (χ1) is 17.0. The molecular formula is C29H49N5O2. The maximum absolute atomic E-state index is 12.1. The van der Waals surface area contributed by atoms with Crippen LogP contribution >= 0.6 is 0 Å². The van der Waals surface area contributed by atoms with Crippen molar-refractivity contribution in [2.24, 2.45) is 5.92 Å². The van der Waals surface area contributed by atoms with Crippen molar-refractivity contribution >= 4 is 11.9 Å². The van der Waals surface area contributed by atoms with Gasteiger partial charge in [0.2, 0.25) is 0 Å². The summed E-state index contributed by atoms with van der Waals surface area (Å²) >= 11 is 0. The van der Waals surface area contributed by atoms with Gasteiger partial charge in [-0.2, -0.15) is 0 Å². The first-order valence-corrected chi connectivity index (χ1v) is 14.3. The van der Waals surface area contributed by atoms with E-state index in [4.69, 9.17) is 14.7 Å². The summed E-state index contributed by atoms with van der Waals surface area (Å²) in [5.41, 5.74) is 0.792. The van der Waals surface area contributed by atoms with Crippen LogP contribution in [-0.4, -0.2) is 65.3 Å². The average Bonchev–Trinajstić information content (AvgIpc) is 2.76. The number of piperazine rings is 1. The molecule has 0 radical (unpaired) electrons. The molecule has 1 aliphatic heterocycles. The van der Waals surface area contributed by atoms with Gasteiger partial charge in [0.1, 0.15) is 17.2 Å². The van der Waals surface area contributed by atoms with E-state index in [1.807, 2.05) is 20.8 Å². The van der Waals surface area contributed by atoms with Gasteiger partial charge in [0.15, 0.2) is 0 Å². The van der Waals surface area contributed by atoms with Crippen LogP contribution in [0.3, 0.4) is 0 Å². The molecule has 0 unspecified atom stereocenters. The molecule has 36 heavy (non-hydrogen) atoms. The highest BCUT2D eigenvalue weighted by Gasteiger charge is 2.29. The summed E-state index contributed by atoms with van der Waals surface area (Å²) in [5, 5.41) is 3.07. The SMILES string of the molecule is CC(C)(C)OC(=O)NC1CCC(CCN2CCN(c3cc(C4CCC4)nc(C(C)(C)C)n3)CC2)CC1. The number of ether oxygens (including phenoxy) is 1. The van der Waals surface area contributed by atoms with E-state index in [0.717, 1.165) is 56.6 Å². The molecule has 3 aliphatic rings. The number of amides is 1. The summed E-state index contributed by atoms with van der Waals surface area (Å²) in [7, 11) is 0. The number of hydrogen-bond donors (Lipinski definition) is 1. The molecule has 1 amide bonds. The van der Waals surface area contributed by atoms with E-state index in [9.17, 15) is 4.79 Å². The van der Waals surface area contributed by atoms with Gasteiger partial charge < -0.3 is 15.0 Å². The fourth-order valence-corrected chi connectivity index (χ4v) is 5.50. The number of carbonyl (C=O) groups is 1. The Balaban J connectivity index is 1.21. The van der Waals surface area contributed by atoms with Crippen molar-refractivity contribution < 1.29 is 9.53 Å². The van der Waals surface area contributed by atoms with Crippen molar-refractivity contribution in [3.05, 3.63) is 17.6 Å². The molecule has 0 spiro atoms. The van der Waals surface area contributed by atoms with Gasteiger partial charge in [-0.15, -0.1) is 0 Å². The Morgan fingerprint density at radius 1 is 0.972 bits per heavy atom. The lowest BCUT2D eigenvalue weighted by molar-refractivity contribution is 0.0486. The Hall–Kier alpha value is -1.89. The molecule has 4 rings (SSSR count). The van der Waals surface area contributed by atoms with Crippen molar-refractivity contribution in [2.45, 2.75) is 116 Å². The molecule has 1 aromatic heterocycles. The minimum atomic E-state index is -0.438. The summed E-state index contributed by atoms with van der Waals surface area (Å²) < 4.78 is 5.42. The minimum Gasteiger partial charge on any atom is -0.444 e. The predicted octanol–water partition coefficient (Wildman–Crippen LogP) is 5.64. The second kappa shape index (κ2) is 11.2. The number of alkyl carbamates (subject to hydrolysis) is 1. The number of aromatic nitrogens is 2. The van der Waals surface area contributed by atoms with Gasteiger partial charge in [0.25, 0.3) is 0 Å². The van der Waals surface area contributed by atoms with E-state index in [1.54, 1.807) is 0 Å². The summed E-state index contributed by atoms with van der Waals surface area (Å²) in [6, 6.07) is 2.54. The largest absolute Gasteiger partial charge is 0.444 e. The monoisotopic (exact) mass is 499 g/mol. The van der Waals surface area contributed by atoms with Crippen molar-refractivity contribution in [2.75, 3.05) is 37.6 Å². The summed E-state index contributed by atoms with van der Waals surface area (Å²) in [5.74, 6) is 3.51. The number of nitrogens with zero attached hydrogens (tertiary/aromatic N) is 4. The Bertz CT molecular complexity index is 871. The zero-order valence-electron chi connectivity index (χ0n) is 23.6. The van der Waals surface area contributed by atoms with E-state index in [-0.39, 0.29) is 17.6 Å². The van der Waals surface area contributed by atoms with Gasteiger partial charge in [-0.05, 0) is 78.2 Å².